The molecular formula is C29H28N8O6. The molecule has 2 aromatic carbocycles. The van der Waals surface area contributed by atoms with Gasteiger partial charge >= 0.3 is 11.9 Å². The number of carboxylic acid groups (broad SMARTS) is 2. The molecule has 2 aromatic heterocycles. The van der Waals surface area contributed by atoms with Crippen molar-refractivity contribution in [3.05, 3.63) is 75.1 Å². The number of anilines is 1. The van der Waals surface area contributed by atoms with Crippen molar-refractivity contribution in [3.63, 3.8) is 0 Å². The highest BCUT2D eigenvalue weighted by atomic mass is 16.4. The largest absolute Gasteiger partial charge is 0.480 e. The number of amides is 1. The number of aromatic nitrogens is 6. The zero-order valence-electron chi connectivity index (χ0n) is 23.1. The summed E-state index contributed by atoms with van der Waals surface area (Å²) >= 11 is 0. The first-order chi connectivity index (χ1) is 20.6. The second-order valence-electron chi connectivity index (χ2n) is 10.2. The summed E-state index contributed by atoms with van der Waals surface area (Å²) in [5.41, 5.74) is 3.59. The minimum absolute atomic E-state index is 0.0262. The monoisotopic (exact) mass is 584 g/mol. The zero-order chi connectivity index (χ0) is 30.7. The van der Waals surface area contributed by atoms with E-state index in [2.05, 4.69) is 36.6 Å². The number of H-pyrrole nitrogens is 1. The number of terminal acetylenes is 1. The third kappa shape index (κ3) is 6.35. The van der Waals surface area contributed by atoms with Crippen molar-refractivity contribution in [3.8, 4) is 12.3 Å². The smallest absolute Gasteiger partial charge is 0.327 e. The molecule has 0 saturated carbocycles. The molecule has 0 aliphatic heterocycles. The Balaban J connectivity index is 1.29. The third-order valence-electron chi connectivity index (χ3n) is 7.26. The van der Waals surface area contributed by atoms with Crippen molar-refractivity contribution < 1.29 is 24.6 Å². The number of aryl methyl sites for hydroxylation is 3. The predicted octanol–water partition coefficient (Wildman–Crippen LogP) is 1.25. The number of aliphatic carboxylic acids is 2. The molecule has 0 saturated heterocycles. The van der Waals surface area contributed by atoms with Gasteiger partial charge in [0.15, 0.2) is 12.4 Å². The van der Waals surface area contributed by atoms with Crippen molar-refractivity contribution >= 4 is 34.4 Å². The number of hydrogen-bond acceptors (Lipinski definition) is 9. The standard InChI is InChI=1S/C29H28N8O6/c1-3-12-36(24-10-6-18-13-23-21(14-20(18)24)28(41)31-16(2)30-23)19-7-4-17(5-8-19)27(40)32-22(29(42)43)9-11-25-33-35-37(34-25)15-26(38)39/h1,4-5,7-8,13-14,22,24H,6,9-12,15H2,2H3,(H,32,40)(H,38,39)(H,42,43)(H,30,31,41)/t22-,24-/m0/s1. The van der Waals surface area contributed by atoms with E-state index in [0.717, 1.165) is 34.5 Å². The molecule has 4 aromatic rings. The highest BCUT2D eigenvalue weighted by Gasteiger charge is 2.29. The molecule has 1 amide bonds. The van der Waals surface area contributed by atoms with Crippen molar-refractivity contribution in [2.45, 2.75) is 51.2 Å². The summed E-state index contributed by atoms with van der Waals surface area (Å²) in [6, 6.07) is 9.22. The van der Waals surface area contributed by atoms with Crippen molar-refractivity contribution in [2.75, 3.05) is 11.4 Å². The van der Waals surface area contributed by atoms with Gasteiger partial charge in [0.2, 0.25) is 0 Å². The Labute approximate surface area is 244 Å². The van der Waals surface area contributed by atoms with Gasteiger partial charge in [-0.05, 0) is 78.9 Å². The van der Waals surface area contributed by atoms with E-state index in [1.165, 1.54) is 0 Å². The van der Waals surface area contributed by atoms with E-state index in [1.54, 1.807) is 31.2 Å². The minimum Gasteiger partial charge on any atom is -0.480 e. The van der Waals surface area contributed by atoms with Crippen LogP contribution in [0.4, 0.5) is 5.69 Å². The number of rotatable bonds is 11. The van der Waals surface area contributed by atoms with E-state index >= 15 is 0 Å². The van der Waals surface area contributed by atoms with Crippen LogP contribution in [0.25, 0.3) is 10.9 Å². The predicted molar refractivity (Wildman–Crippen MR) is 153 cm³/mol. The van der Waals surface area contributed by atoms with E-state index in [9.17, 15) is 24.3 Å². The van der Waals surface area contributed by atoms with Crippen LogP contribution in [0.2, 0.25) is 0 Å². The van der Waals surface area contributed by atoms with Crippen LogP contribution in [-0.2, 0) is 29.0 Å². The lowest BCUT2D eigenvalue weighted by atomic mass is 10.0. The summed E-state index contributed by atoms with van der Waals surface area (Å²) in [6.45, 7) is 1.57. The van der Waals surface area contributed by atoms with Gasteiger partial charge in [-0.1, -0.05) is 5.92 Å². The number of tetrazole rings is 1. The van der Waals surface area contributed by atoms with Gasteiger partial charge in [0.05, 0.1) is 23.5 Å². The van der Waals surface area contributed by atoms with Crippen LogP contribution in [-0.4, -0.2) is 70.8 Å². The lowest BCUT2D eigenvalue weighted by Gasteiger charge is -2.30. The van der Waals surface area contributed by atoms with Crippen LogP contribution in [0.1, 0.15) is 52.0 Å². The summed E-state index contributed by atoms with van der Waals surface area (Å²) in [4.78, 5) is 58.3. The number of carboxylic acids is 2. The van der Waals surface area contributed by atoms with E-state index < -0.39 is 30.4 Å². The molecular weight excluding hydrogens is 556 g/mol. The molecule has 0 fully saturated rings. The lowest BCUT2D eigenvalue weighted by molar-refractivity contribution is -0.139. The Kier molecular flexibility index (Phi) is 8.15. The number of benzene rings is 2. The van der Waals surface area contributed by atoms with Gasteiger partial charge in [0.25, 0.3) is 11.5 Å². The SMILES string of the molecule is C#CCN(c1ccc(C(=O)N[C@@H](CCc2nnn(CC(=O)O)n2)C(=O)O)cc1)[C@H]1CCc2cc3nc(C)[nH]c(=O)c3cc21. The first-order valence-corrected chi connectivity index (χ1v) is 13.5. The quantitative estimate of drug-likeness (QED) is 0.185. The molecule has 1 aliphatic carbocycles. The maximum Gasteiger partial charge on any atom is 0.327 e. The van der Waals surface area contributed by atoms with E-state index in [1.807, 2.05) is 17.0 Å². The number of carbonyl (C=O) groups excluding carboxylic acids is 1. The molecule has 43 heavy (non-hydrogen) atoms. The van der Waals surface area contributed by atoms with Crippen molar-refractivity contribution in [2.24, 2.45) is 0 Å². The van der Waals surface area contributed by atoms with Crippen LogP contribution in [0.3, 0.4) is 0 Å². The fraction of sp³-hybridized carbons (Fsp3) is 0.310. The number of fused-ring (bicyclic) bond motifs is 2. The summed E-state index contributed by atoms with van der Waals surface area (Å²) in [5.74, 6) is 0.463. The fourth-order valence-corrected chi connectivity index (χ4v) is 5.28. The van der Waals surface area contributed by atoms with Crippen molar-refractivity contribution in [1.29, 1.82) is 0 Å². The maximum atomic E-state index is 12.9. The van der Waals surface area contributed by atoms with Crippen LogP contribution in [0, 0.1) is 19.3 Å². The summed E-state index contributed by atoms with van der Waals surface area (Å²) in [5, 5.41) is 32.7. The van der Waals surface area contributed by atoms with Crippen LogP contribution in [0.5, 0.6) is 0 Å². The molecule has 0 unspecified atom stereocenters. The first-order valence-electron chi connectivity index (χ1n) is 13.5. The zero-order valence-corrected chi connectivity index (χ0v) is 23.1. The third-order valence-corrected chi connectivity index (χ3v) is 7.26. The maximum absolute atomic E-state index is 12.9. The van der Waals surface area contributed by atoms with E-state index in [0.29, 0.717) is 23.3 Å². The number of hydrogen-bond donors (Lipinski definition) is 4. The highest BCUT2D eigenvalue weighted by molar-refractivity contribution is 5.97. The molecule has 14 heteroatoms. The molecule has 1 aliphatic rings. The number of aromatic amines is 1. The van der Waals surface area contributed by atoms with Gasteiger partial charge in [-0.15, -0.1) is 16.6 Å². The van der Waals surface area contributed by atoms with Gasteiger partial charge in [-0.3, -0.25) is 14.4 Å². The fourth-order valence-electron chi connectivity index (χ4n) is 5.28. The molecule has 0 radical (unpaired) electrons. The molecule has 220 valence electrons. The molecule has 0 spiro atoms. The number of nitrogens with one attached hydrogen (secondary N) is 2. The van der Waals surface area contributed by atoms with Crippen LogP contribution < -0.4 is 15.8 Å². The van der Waals surface area contributed by atoms with Gasteiger partial charge in [0, 0.05) is 17.7 Å². The van der Waals surface area contributed by atoms with E-state index in [4.69, 9.17) is 11.5 Å². The normalized spacial score (nSPS) is 14.6. The average molecular weight is 585 g/mol. The summed E-state index contributed by atoms with van der Waals surface area (Å²) in [6.07, 6.45) is 7.35. The van der Waals surface area contributed by atoms with E-state index in [-0.39, 0.29) is 35.8 Å². The Morgan fingerprint density at radius 3 is 2.70 bits per heavy atom. The second-order valence-corrected chi connectivity index (χ2v) is 10.2. The minimum atomic E-state index is -1.24. The molecule has 0 bridgehead atoms. The highest BCUT2D eigenvalue weighted by Crippen LogP contribution is 2.39. The van der Waals surface area contributed by atoms with Crippen molar-refractivity contribution in [1.82, 2.24) is 35.5 Å². The second kappa shape index (κ2) is 12.1. The summed E-state index contributed by atoms with van der Waals surface area (Å²) in [7, 11) is 0. The Hall–Kier alpha value is -5.58. The number of carbonyl (C=O) groups is 3. The Morgan fingerprint density at radius 1 is 1.23 bits per heavy atom. The molecule has 14 nitrogen and oxygen atoms in total. The van der Waals surface area contributed by atoms with Gasteiger partial charge < -0.3 is 25.4 Å². The molecule has 5 rings (SSSR count). The average Bonchev–Trinajstić information content (AvgIpc) is 3.58. The van der Waals surface area contributed by atoms with Gasteiger partial charge in [-0.2, -0.15) is 4.80 Å². The first kappa shape index (κ1) is 28.9. The summed E-state index contributed by atoms with van der Waals surface area (Å²) < 4.78 is 0. The number of nitrogens with zero attached hydrogens (tertiary/aromatic N) is 6. The molecule has 2 heterocycles. The Bertz CT molecular complexity index is 1810. The lowest BCUT2D eigenvalue weighted by Crippen LogP contribution is -2.41. The van der Waals surface area contributed by atoms with Crippen LogP contribution >= 0.6 is 0 Å². The molecule has 2 atom stereocenters. The van der Waals surface area contributed by atoms with Gasteiger partial charge in [-0.25, -0.2) is 9.78 Å². The Morgan fingerprint density at radius 2 is 2.00 bits per heavy atom. The molecule has 4 N–H and O–H groups in total. The van der Waals surface area contributed by atoms with Crippen LogP contribution in [0.15, 0.2) is 41.2 Å². The topological polar surface area (TPSA) is 196 Å². The van der Waals surface area contributed by atoms with Gasteiger partial charge in [0.1, 0.15) is 11.9 Å².